The maximum Gasteiger partial charge on any atom is 0.133 e. The summed E-state index contributed by atoms with van der Waals surface area (Å²) in [6.45, 7) is 0. The monoisotopic (exact) mass is 486 g/mol. The summed E-state index contributed by atoms with van der Waals surface area (Å²) < 4.78 is 45.3. The van der Waals surface area contributed by atoms with E-state index in [9.17, 15) is 10.5 Å². The molecule has 0 saturated heterocycles. The van der Waals surface area contributed by atoms with Crippen LogP contribution in [0.4, 0.5) is 13.2 Å². The molecule has 172 valence electrons. The van der Waals surface area contributed by atoms with E-state index in [1.807, 2.05) is 12.1 Å². The van der Waals surface area contributed by atoms with E-state index >= 15 is 13.2 Å². The zero-order valence-electron chi connectivity index (χ0n) is 18.5. The Kier molecular flexibility index (Phi) is 6.36. The fourth-order valence-electron chi connectivity index (χ4n) is 3.80. The molecular formula is C28H9F3N6. The first-order chi connectivity index (χ1) is 17.9. The van der Waals surface area contributed by atoms with Crippen molar-refractivity contribution in [2.45, 2.75) is 0 Å². The largest absolute Gasteiger partial charge is 0.245 e. The molecule has 0 atom stereocenters. The van der Waals surface area contributed by atoms with Crippen molar-refractivity contribution in [2.24, 2.45) is 0 Å². The predicted octanol–water partition coefficient (Wildman–Crippen LogP) is 5.86. The quantitative estimate of drug-likeness (QED) is 0.356. The number of hydrogen-bond donors (Lipinski definition) is 0. The van der Waals surface area contributed by atoms with Crippen molar-refractivity contribution in [3.63, 3.8) is 0 Å². The second kappa shape index (κ2) is 9.73. The van der Waals surface area contributed by atoms with E-state index in [4.69, 9.17) is 15.8 Å². The normalized spacial score (nSPS) is 9.89. The minimum atomic E-state index is -0.948. The second-order valence-electron chi connectivity index (χ2n) is 7.58. The van der Waals surface area contributed by atoms with Crippen LogP contribution in [0.15, 0.2) is 54.6 Å². The Bertz CT molecular complexity index is 1730. The van der Waals surface area contributed by atoms with Gasteiger partial charge in [0.25, 0.3) is 0 Å². The molecule has 1 aromatic heterocycles. The van der Waals surface area contributed by atoms with Crippen LogP contribution in [0, 0.1) is 74.1 Å². The number of benzene rings is 3. The SMILES string of the molecule is N#Cc1ccc(-c2nc(-c3ccc(C#N)cc3F)c(C#N)c(-c3ccc(C#N)cc3F)c2C#N)c(F)c1. The van der Waals surface area contributed by atoms with Gasteiger partial charge in [0.2, 0.25) is 0 Å². The van der Waals surface area contributed by atoms with Crippen LogP contribution in [0.25, 0.3) is 33.6 Å². The highest BCUT2D eigenvalue weighted by Gasteiger charge is 2.27. The lowest BCUT2D eigenvalue weighted by atomic mass is 9.88. The predicted molar refractivity (Wildman–Crippen MR) is 124 cm³/mol. The number of nitrogens with zero attached hydrogens (tertiary/aromatic N) is 6. The van der Waals surface area contributed by atoms with Crippen LogP contribution in [0.1, 0.15) is 27.8 Å². The molecule has 0 spiro atoms. The average molecular weight is 486 g/mol. The van der Waals surface area contributed by atoms with Gasteiger partial charge in [-0.1, -0.05) is 6.07 Å². The van der Waals surface area contributed by atoms with E-state index in [2.05, 4.69) is 4.98 Å². The molecule has 0 saturated carbocycles. The molecule has 0 amide bonds. The summed E-state index contributed by atoms with van der Waals surface area (Å²) in [5, 5.41) is 47.3. The summed E-state index contributed by atoms with van der Waals surface area (Å²) in [5.74, 6) is -2.80. The van der Waals surface area contributed by atoms with Gasteiger partial charge in [0.15, 0.2) is 0 Å². The zero-order valence-corrected chi connectivity index (χ0v) is 18.5. The molecule has 4 aromatic rings. The number of rotatable bonds is 3. The van der Waals surface area contributed by atoms with Crippen molar-refractivity contribution >= 4 is 0 Å². The first-order valence-electron chi connectivity index (χ1n) is 10.3. The van der Waals surface area contributed by atoms with Crippen molar-refractivity contribution < 1.29 is 13.2 Å². The first-order valence-corrected chi connectivity index (χ1v) is 10.3. The molecule has 1 heterocycles. The van der Waals surface area contributed by atoms with Crippen LogP contribution >= 0.6 is 0 Å². The second-order valence-corrected chi connectivity index (χ2v) is 7.58. The standard InChI is InChI=1S/C28H9F3N6/c29-23-7-15(10-32)1-4-18(23)26-21(13-35)27(19-5-2-16(11-33)8-24(19)30)37-28(22(26)14-36)20-6-3-17(12-34)9-25(20)31/h1-9H. The number of hydrogen-bond acceptors (Lipinski definition) is 6. The smallest absolute Gasteiger partial charge is 0.133 e. The maximum absolute atomic E-state index is 15.2. The van der Waals surface area contributed by atoms with Gasteiger partial charge in [-0.15, -0.1) is 0 Å². The fraction of sp³-hybridized carbons (Fsp3) is 0. The van der Waals surface area contributed by atoms with Gasteiger partial charge in [0.05, 0.1) is 57.4 Å². The maximum atomic E-state index is 15.2. The van der Waals surface area contributed by atoms with Crippen LogP contribution in [0.5, 0.6) is 0 Å². The summed E-state index contributed by atoms with van der Waals surface area (Å²) >= 11 is 0. The summed E-state index contributed by atoms with van der Waals surface area (Å²) in [6, 6.07) is 19.2. The Balaban J connectivity index is 2.20. The fourth-order valence-corrected chi connectivity index (χ4v) is 3.80. The van der Waals surface area contributed by atoms with Gasteiger partial charge in [0, 0.05) is 22.3 Å². The Labute approximate surface area is 208 Å². The Morgan fingerprint density at radius 1 is 0.486 bits per heavy atom. The minimum Gasteiger partial charge on any atom is -0.245 e. The lowest BCUT2D eigenvalue weighted by Gasteiger charge is -2.17. The molecule has 0 fully saturated rings. The highest BCUT2D eigenvalue weighted by molar-refractivity contribution is 5.90. The van der Waals surface area contributed by atoms with Crippen LogP contribution in [-0.2, 0) is 0 Å². The van der Waals surface area contributed by atoms with Crippen LogP contribution in [0.3, 0.4) is 0 Å². The molecule has 4 rings (SSSR count). The third-order valence-electron chi connectivity index (χ3n) is 5.49. The number of pyridine rings is 1. The van der Waals surface area contributed by atoms with Gasteiger partial charge < -0.3 is 0 Å². The topological polar surface area (TPSA) is 132 Å². The number of halogens is 3. The molecule has 0 radical (unpaired) electrons. The molecule has 3 aromatic carbocycles. The highest BCUT2D eigenvalue weighted by atomic mass is 19.1. The van der Waals surface area contributed by atoms with Gasteiger partial charge in [0.1, 0.15) is 29.6 Å². The van der Waals surface area contributed by atoms with E-state index in [1.165, 1.54) is 36.4 Å². The Morgan fingerprint density at radius 3 is 1.14 bits per heavy atom. The van der Waals surface area contributed by atoms with Crippen molar-refractivity contribution in [1.82, 2.24) is 4.98 Å². The Morgan fingerprint density at radius 2 is 0.838 bits per heavy atom. The summed E-state index contributed by atoms with van der Waals surface area (Å²) in [5.41, 5.74) is -2.46. The minimum absolute atomic E-state index is 0.00915. The van der Waals surface area contributed by atoms with Crippen molar-refractivity contribution in [3.05, 3.63) is 99.9 Å². The number of aromatic nitrogens is 1. The van der Waals surface area contributed by atoms with Crippen LogP contribution < -0.4 is 0 Å². The van der Waals surface area contributed by atoms with E-state index in [0.717, 1.165) is 18.2 Å². The van der Waals surface area contributed by atoms with E-state index in [1.54, 1.807) is 18.2 Å². The lowest BCUT2D eigenvalue weighted by molar-refractivity contribution is 0.629. The van der Waals surface area contributed by atoms with E-state index in [0.29, 0.717) is 0 Å². The number of nitriles is 5. The average Bonchev–Trinajstić information content (AvgIpc) is 2.91. The molecule has 0 aliphatic rings. The van der Waals surface area contributed by atoms with Crippen molar-refractivity contribution in [1.29, 1.82) is 26.3 Å². The van der Waals surface area contributed by atoms with Crippen molar-refractivity contribution in [3.8, 4) is 64.0 Å². The molecular weight excluding hydrogens is 477 g/mol. The Hall–Kier alpha value is -5.95. The third kappa shape index (κ3) is 4.20. The van der Waals surface area contributed by atoms with Gasteiger partial charge >= 0.3 is 0 Å². The van der Waals surface area contributed by atoms with Gasteiger partial charge in [-0.25, -0.2) is 18.2 Å². The molecule has 9 heteroatoms. The van der Waals surface area contributed by atoms with Crippen LogP contribution in [-0.4, -0.2) is 4.98 Å². The molecule has 37 heavy (non-hydrogen) atoms. The van der Waals surface area contributed by atoms with Crippen LogP contribution in [0.2, 0.25) is 0 Å². The summed E-state index contributed by atoms with van der Waals surface area (Å²) in [6.07, 6.45) is 0. The third-order valence-corrected chi connectivity index (χ3v) is 5.49. The molecule has 0 aliphatic heterocycles. The van der Waals surface area contributed by atoms with E-state index in [-0.39, 0.29) is 61.5 Å². The first kappa shape index (κ1) is 24.2. The van der Waals surface area contributed by atoms with Gasteiger partial charge in [-0.3, -0.25) is 0 Å². The summed E-state index contributed by atoms with van der Waals surface area (Å²) in [4.78, 5) is 4.27. The highest BCUT2D eigenvalue weighted by Crippen LogP contribution is 2.40. The summed E-state index contributed by atoms with van der Waals surface area (Å²) in [7, 11) is 0. The molecule has 0 aliphatic carbocycles. The van der Waals surface area contributed by atoms with Crippen molar-refractivity contribution in [2.75, 3.05) is 0 Å². The van der Waals surface area contributed by atoms with Gasteiger partial charge in [-0.2, -0.15) is 26.3 Å². The molecule has 0 N–H and O–H groups in total. The van der Waals surface area contributed by atoms with E-state index < -0.39 is 17.5 Å². The van der Waals surface area contributed by atoms with Gasteiger partial charge in [-0.05, 0) is 48.5 Å². The zero-order chi connectivity index (χ0) is 26.7. The molecule has 6 nitrogen and oxygen atoms in total. The molecule has 0 unspecified atom stereocenters. The lowest BCUT2D eigenvalue weighted by Crippen LogP contribution is -2.05. The molecule has 0 bridgehead atoms.